The van der Waals surface area contributed by atoms with E-state index in [4.69, 9.17) is 11.2 Å². The van der Waals surface area contributed by atoms with Gasteiger partial charge in [0.25, 0.3) is 0 Å². The predicted octanol–water partition coefficient (Wildman–Crippen LogP) is 3.15. The highest BCUT2D eigenvalue weighted by molar-refractivity contribution is 5.29. The van der Waals surface area contributed by atoms with Gasteiger partial charge in [0.2, 0.25) is 0 Å². The molecular weight excluding hydrogens is 262 g/mol. The summed E-state index contributed by atoms with van der Waals surface area (Å²) in [6.45, 7) is 9.44. The number of aliphatic hydroxyl groups excluding tert-OH is 1. The van der Waals surface area contributed by atoms with E-state index in [1.165, 1.54) is 5.56 Å². The first-order chi connectivity index (χ1) is 9.84. The second kappa shape index (κ2) is 8.07. The van der Waals surface area contributed by atoms with Crippen molar-refractivity contribution in [1.82, 2.24) is 5.32 Å². The molecule has 0 spiro atoms. The molecule has 0 amide bonds. The molecule has 0 radical (unpaired) electrons. The molecule has 1 aromatic rings. The number of rotatable bonds is 8. The van der Waals surface area contributed by atoms with Crippen LogP contribution in [-0.4, -0.2) is 24.4 Å². The molecule has 0 bridgehead atoms. The number of ether oxygens (including phenoxy) is 1. The van der Waals surface area contributed by atoms with E-state index in [1.807, 2.05) is 31.2 Å². The Morgan fingerprint density at radius 2 is 1.90 bits per heavy atom. The van der Waals surface area contributed by atoms with Crippen molar-refractivity contribution < 1.29 is 9.84 Å². The van der Waals surface area contributed by atoms with Crippen LogP contribution in [0.2, 0.25) is 0 Å². The second-order valence-electron chi connectivity index (χ2n) is 6.38. The highest BCUT2D eigenvalue weighted by atomic mass is 16.5. The smallest absolute Gasteiger partial charge is 0.148 e. The van der Waals surface area contributed by atoms with Crippen molar-refractivity contribution in [2.24, 2.45) is 5.41 Å². The van der Waals surface area contributed by atoms with Crippen LogP contribution >= 0.6 is 0 Å². The summed E-state index contributed by atoms with van der Waals surface area (Å²) in [4.78, 5) is 0. The van der Waals surface area contributed by atoms with Crippen LogP contribution in [0.4, 0.5) is 0 Å². The molecule has 0 saturated carbocycles. The third kappa shape index (κ3) is 6.66. The van der Waals surface area contributed by atoms with Gasteiger partial charge < -0.3 is 15.2 Å². The molecule has 0 aromatic heterocycles. The molecule has 0 aliphatic heterocycles. The normalized spacial score (nSPS) is 14.3. The van der Waals surface area contributed by atoms with Crippen LogP contribution in [0.15, 0.2) is 24.3 Å². The summed E-state index contributed by atoms with van der Waals surface area (Å²) in [5.74, 6) is 3.24. The Kier molecular flexibility index (Phi) is 6.74. The molecule has 0 saturated heterocycles. The van der Waals surface area contributed by atoms with E-state index in [-0.39, 0.29) is 17.6 Å². The highest BCUT2D eigenvalue weighted by Gasteiger charge is 2.21. The summed E-state index contributed by atoms with van der Waals surface area (Å²) >= 11 is 0. The quantitative estimate of drug-likeness (QED) is 0.722. The third-order valence-corrected chi connectivity index (χ3v) is 3.44. The van der Waals surface area contributed by atoms with Crippen molar-refractivity contribution in [3.63, 3.8) is 0 Å². The lowest BCUT2D eigenvalue weighted by atomic mass is 9.86. The fourth-order valence-electron chi connectivity index (χ4n) is 2.40. The monoisotopic (exact) mass is 289 g/mol. The van der Waals surface area contributed by atoms with Crippen molar-refractivity contribution in [3.8, 4) is 18.1 Å². The van der Waals surface area contributed by atoms with E-state index in [0.29, 0.717) is 6.61 Å². The van der Waals surface area contributed by atoms with E-state index in [9.17, 15) is 5.11 Å². The minimum absolute atomic E-state index is 0.0677. The maximum Gasteiger partial charge on any atom is 0.148 e. The standard InChI is InChI=1S/C18H27NO2/c1-6-11-21-17-9-7-16(8-10-17)15(3)19-13-18(4,5)12-14(2)20/h1,7-10,14-15,19-20H,11-13H2,2-5H3. The summed E-state index contributed by atoms with van der Waals surface area (Å²) < 4.78 is 5.36. The summed E-state index contributed by atoms with van der Waals surface area (Å²) in [7, 11) is 0. The largest absolute Gasteiger partial charge is 0.481 e. The molecule has 2 unspecified atom stereocenters. The SMILES string of the molecule is C#CCOc1ccc(C(C)NCC(C)(C)CC(C)O)cc1. The molecule has 0 aliphatic rings. The number of nitrogens with one attached hydrogen (secondary N) is 1. The highest BCUT2D eigenvalue weighted by Crippen LogP contribution is 2.23. The van der Waals surface area contributed by atoms with Gasteiger partial charge in [0.05, 0.1) is 6.10 Å². The zero-order valence-electron chi connectivity index (χ0n) is 13.5. The van der Waals surface area contributed by atoms with Crippen LogP contribution in [0.25, 0.3) is 0 Å². The Morgan fingerprint density at radius 3 is 2.43 bits per heavy atom. The molecule has 3 nitrogen and oxygen atoms in total. The first-order valence-electron chi connectivity index (χ1n) is 7.42. The first kappa shape index (κ1) is 17.6. The maximum atomic E-state index is 9.52. The summed E-state index contributed by atoms with van der Waals surface area (Å²) in [5.41, 5.74) is 1.27. The number of benzene rings is 1. The minimum Gasteiger partial charge on any atom is -0.481 e. The van der Waals surface area contributed by atoms with Gasteiger partial charge in [-0.1, -0.05) is 31.9 Å². The van der Waals surface area contributed by atoms with Gasteiger partial charge in [-0.25, -0.2) is 0 Å². The van der Waals surface area contributed by atoms with Crippen LogP contribution in [0.5, 0.6) is 5.75 Å². The Balaban J connectivity index is 2.52. The predicted molar refractivity (Wildman–Crippen MR) is 87.3 cm³/mol. The molecule has 2 N–H and O–H groups in total. The molecule has 2 atom stereocenters. The minimum atomic E-state index is -0.273. The van der Waals surface area contributed by atoms with Crippen LogP contribution < -0.4 is 10.1 Å². The lowest BCUT2D eigenvalue weighted by Gasteiger charge is -2.28. The average molecular weight is 289 g/mol. The van der Waals surface area contributed by atoms with E-state index in [2.05, 4.69) is 32.0 Å². The summed E-state index contributed by atoms with van der Waals surface area (Å²) in [5, 5.41) is 13.0. The fourth-order valence-corrected chi connectivity index (χ4v) is 2.40. The molecule has 3 heteroatoms. The van der Waals surface area contributed by atoms with Crippen molar-refractivity contribution in [2.75, 3.05) is 13.2 Å². The van der Waals surface area contributed by atoms with E-state index in [1.54, 1.807) is 0 Å². The van der Waals surface area contributed by atoms with Gasteiger partial charge in [-0.05, 0) is 43.4 Å². The van der Waals surface area contributed by atoms with Gasteiger partial charge in [0.1, 0.15) is 12.4 Å². The molecule has 1 rings (SSSR count). The van der Waals surface area contributed by atoms with Gasteiger partial charge in [0.15, 0.2) is 0 Å². The van der Waals surface area contributed by atoms with Crippen LogP contribution in [0, 0.1) is 17.8 Å². The molecule has 1 aromatic carbocycles. The van der Waals surface area contributed by atoms with Gasteiger partial charge >= 0.3 is 0 Å². The van der Waals surface area contributed by atoms with Gasteiger partial charge in [0, 0.05) is 12.6 Å². The first-order valence-corrected chi connectivity index (χ1v) is 7.42. The van der Waals surface area contributed by atoms with E-state index < -0.39 is 0 Å². The number of aliphatic hydroxyl groups is 1. The summed E-state index contributed by atoms with van der Waals surface area (Å²) in [6, 6.07) is 8.22. The number of terminal acetylenes is 1. The van der Waals surface area contributed by atoms with Gasteiger partial charge in [-0.2, -0.15) is 0 Å². The second-order valence-corrected chi connectivity index (χ2v) is 6.38. The zero-order valence-corrected chi connectivity index (χ0v) is 13.5. The Hall–Kier alpha value is -1.50. The van der Waals surface area contributed by atoms with Crippen molar-refractivity contribution >= 4 is 0 Å². The molecule has 21 heavy (non-hydrogen) atoms. The maximum absolute atomic E-state index is 9.52. The third-order valence-electron chi connectivity index (χ3n) is 3.44. The van der Waals surface area contributed by atoms with Crippen LogP contribution in [-0.2, 0) is 0 Å². The number of hydrogen-bond donors (Lipinski definition) is 2. The average Bonchev–Trinajstić information content (AvgIpc) is 2.42. The van der Waals surface area contributed by atoms with Gasteiger partial charge in [-0.3, -0.25) is 0 Å². The topological polar surface area (TPSA) is 41.5 Å². The molecule has 116 valence electrons. The van der Waals surface area contributed by atoms with E-state index >= 15 is 0 Å². The number of hydrogen-bond acceptors (Lipinski definition) is 3. The van der Waals surface area contributed by atoms with Crippen molar-refractivity contribution in [3.05, 3.63) is 29.8 Å². The zero-order chi connectivity index (χ0) is 15.9. The van der Waals surface area contributed by atoms with E-state index in [0.717, 1.165) is 18.7 Å². The summed E-state index contributed by atoms with van der Waals surface area (Å²) in [6.07, 6.45) is 5.68. The van der Waals surface area contributed by atoms with Crippen LogP contribution in [0.3, 0.4) is 0 Å². The molecule has 0 fully saturated rings. The Morgan fingerprint density at radius 1 is 1.29 bits per heavy atom. The Bertz CT molecular complexity index is 457. The van der Waals surface area contributed by atoms with Gasteiger partial charge in [-0.15, -0.1) is 6.42 Å². The van der Waals surface area contributed by atoms with Crippen LogP contribution in [0.1, 0.15) is 45.7 Å². The lowest BCUT2D eigenvalue weighted by Crippen LogP contribution is -2.33. The van der Waals surface area contributed by atoms with Crippen molar-refractivity contribution in [2.45, 2.75) is 46.3 Å². The molecular formula is C18H27NO2. The molecule has 0 heterocycles. The lowest BCUT2D eigenvalue weighted by molar-refractivity contribution is 0.127. The fraction of sp³-hybridized carbons (Fsp3) is 0.556. The van der Waals surface area contributed by atoms with Crippen molar-refractivity contribution in [1.29, 1.82) is 0 Å². The Labute approximate surface area is 128 Å². The molecule has 0 aliphatic carbocycles.